The zero-order chi connectivity index (χ0) is 12.4. The maximum atomic E-state index is 5.66. The van der Waals surface area contributed by atoms with E-state index in [0.717, 1.165) is 22.1 Å². The van der Waals surface area contributed by atoms with Crippen LogP contribution in [0.5, 0.6) is 0 Å². The third-order valence-corrected chi connectivity index (χ3v) is 2.74. The molecule has 18 heavy (non-hydrogen) atoms. The van der Waals surface area contributed by atoms with Crippen molar-refractivity contribution in [2.24, 2.45) is 0 Å². The monoisotopic (exact) mass is 236 g/mol. The molecule has 0 aliphatic carbocycles. The van der Waals surface area contributed by atoms with Crippen molar-refractivity contribution in [3.63, 3.8) is 0 Å². The first-order valence-corrected chi connectivity index (χ1v) is 5.64. The van der Waals surface area contributed by atoms with Crippen LogP contribution in [-0.2, 0) is 0 Å². The standard InChI is InChI=1S/C14H12N4/c15-14-8-11(4-7-17-14)18-13-3-1-2-10-9-16-6-5-12(10)13/h1-9H,(H3,15,17,18). The molecule has 3 rings (SSSR count). The molecule has 0 amide bonds. The molecule has 1 aromatic carbocycles. The van der Waals surface area contributed by atoms with Crippen molar-refractivity contribution in [3.05, 3.63) is 55.0 Å². The summed E-state index contributed by atoms with van der Waals surface area (Å²) in [7, 11) is 0. The molecule has 3 aromatic rings. The van der Waals surface area contributed by atoms with Crippen LogP contribution in [0.15, 0.2) is 55.0 Å². The lowest BCUT2D eigenvalue weighted by molar-refractivity contribution is 1.33. The van der Waals surface area contributed by atoms with E-state index in [0.29, 0.717) is 5.82 Å². The lowest BCUT2D eigenvalue weighted by atomic mass is 10.1. The fraction of sp³-hybridized carbons (Fsp3) is 0. The average molecular weight is 236 g/mol. The van der Waals surface area contributed by atoms with Crippen molar-refractivity contribution < 1.29 is 0 Å². The minimum atomic E-state index is 0.502. The molecule has 0 aliphatic rings. The van der Waals surface area contributed by atoms with E-state index in [4.69, 9.17) is 5.73 Å². The van der Waals surface area contributed by atoms with E-state index in [2.05, 4.69) is 15.3 Å². The number of hydrogen-bond donors (Lipinski definition) is 2. The van der Waals surface area contributed by atoms with Gasteiger partial charge in [-0.2, -0.15) is 0 Å². The van der Waals surface area contributed by atoms with E-state index in [1.807, 2.05) is 36.5 Å². The maximum Gasteiger partial charge on any atom is 0.125 e. The van der Waals surface area contributed by atoms with E-state index in [1.54, 1.807) is 18.5 Å². The number of nitrogen functional groups attached to an aromatic ring is 1. The molecule has 4 nitrogen and oxygen atoms in total. The van der Waals surface area contributed by atoms with Crippen LogP contribution >= 0.6 is 0 Å². The Morgan fingerprint density at radius 1 is 1.06 bits per heavy atom. The first kappa shape index (κ1) is 10.5. The number of nitrogens with one attached hydrogen (secondary N) is 1. The van der Waals surface area contributed by atoms with Gasteiger partial charge in [0.15, 0.2) is 0 Å². The van der Waals surface area contributed by atoms with Gasteiger partial charge in [0.1, 0.15) is 5.82 Å². The van der Waals surface area contributed by atoms with Crippen molar-refractivity contribution in [3.8, 4) is 0 Å². The SMILES string of the molecule is Nc1cc(Nc2cccc3cnccc23)ccn1. The summed E-state index contributed by atoms with van der Waals surface area (Å²) in [6.07, 6.45) is 5.32. The number of anilines is 3. The zero-order valence-corrected chi connectivity index (χ0v) is 9.67. The molecule has 2 aromatic heterocycles. The number of nitrogens with two attached hydrogens (primary N) is 1. The number of rotatable bonds is 2. The van der Waals surface area contributed by atoms with Crippen molar-refractivity contribution in [1.29, 1.82) is 0 Å². The third kappa shape index (κ3) is 1.96. The maximum absolute atomic E-state index is 5.66. The van der Waals surface area contributed by atoms with Gasteiger partial charge in [-0.25, -0.2) is 4.98 Å². The topological polar surface area (TPSA) is 63.8 Å². The fourth-order valence-electron chi connectivity index (χ4n) is 1.91. The summed E-state index contributed by atoms with van der Waals surface area (Å²) in [6.45, 7) is 0. The molecule has 0 fully saturated rings. The van der Waals surface area contributed by atoms with Gasteiger partial charge in [0.05, 0.1) is 0 Å². The molecule has 3 N–H and O–H groups in total. The Bertz CT molecular complexity index is 689. The van der Waals surface area contributed by atoms with Crippen LogP contribution in [0.2, 0.25) is 0 Å². The highest BCUT2D eigenvalue weighted by Crippen LogP contribution is 2.25. The van der Waals surface area contributed by atoms with Gasteiger partial charge in [0.25, 0.3) is 0 Å². The molecule has 0 spiro atoms. The van der Waals surface area contributed by atoms with Gasteiger partial charge >= 0.3 is 0 Å². The summed E-state index contributed by atoms with van der Waals surface area (Å²) in [5.74, 6) is 0.502. The first-order chi connectivity index (χ1) is 8.83. The molecule has 0 atom stereocenters. The largest absolute Gasteiger partial charge is 0.384 e. The van der Waals surface area contributed by atoms with E-state index in [1.165, 1.54) is 0 Å². The van der Waals surface area contributed by atoms with Crippen molar-refractivity contribution >= 4 is 28.0 Å². The Hall–Kier alpha value is -2.62. The molecule has 0 saturated heterocycles. The highest BCUT2D eigenvalue weighted by atomic mass is 14.9. The van der Waals surface area contributed by atoms with Crippen molar-refractivity contribution in [2.45, 2.75) is 0 Å². The molecule has 0 bridgehead atoms. The normalized spacial score (nSPS) is 10.4. The van der Waals surface area contributed by atoms with Crippen molar-refractivity contribution in [2.75, 3.05) is 11.1 Å². The molecule has 0 radical (unpaired) electrons. The van der Waals surface area contributed by atoms with E-state index < -0.39 is 0 Å². The van der Waals surface area contributed by atoms with Gasteiger partial charge in [-0.05, 0) is 18.2 Å². The second kappa shape index (κ2) is 4.33. The summed E-state index contributed by atoms with van der Waals surface area (Å²) in [5, 5.41) is 5.57. The van der Waals surface area contributed by atoms with Crippen LogP contribution in [0, 0.1) is 0 Å². The van der Waals surface area contributed by atoms with E-state index in [-0.39, 0.29) is 0 Å². The Labute approximate surface area is 104 Å². The lowest BCUT2D eigenvalue weighted by Crippen LogP contribution is -1.95. The molecule has 0 saturated carbocycles. The molecule has 0 aliphatic heterocycles. The lowest BCUT2D eigenvalue weighted by Gasteiger charge is -2.09. The van der Waals surface area contributed by atoms with Gasteiger partial charge in [0, 0.05) is 46.8 Å². The van der Waals surface area contributed by atoms with Gasteiger partial charge in [-0.15, -0.1) is 0 Å². The molecule has 4 heteroatoms. The highest BCUT2D eigenvalue weighted by molar-refractivity contribution is 5.94. The minimum absolute atomic E-state index is 0.502. The summed E-state index contributed by atoms with van der Waals surface area (Å²) in [6, 6.07) is 11.7. The van der Waals surface area contributed by atoms with Crippen LogP contribution in [0.25, 0.3) is 10.8 Å². The van der Waals surface area contributed by atoms with Crippen LogP contribution in [-0.4, -0.2) is 9.97 Å². The Balaban J connectivity index is 2.05. The third-order valence-electron chi connectivity index (χ3n) is 2.74. The summed E-state index contributed by atoms with van der Waals surface area (Å²) >= 11 is 0. The number of hydrogen-bond acceptors (Lipinski definition) is 4. The average Bonchev–Trinajstić information content (AvgIpc) is 2.39. The van der Waals surface area contributed by atoms with E-state index >= 15 is 0 Å². The Kier molecular flexibility index (Phi) is 2.53. The highest BCUT2D eigenvalue weighted by Gasteiger charge is 2.01. The molecule has 88 valence electrons. The van der Waals surface area contributed by atoms with Gasteiger partial charge < -0.3 is 11.1 Å². The summed E-state index contributed by atoms with van der Waals surface area (Å²) in [5.41, 5.74) is 7.61. The molecule has 2 heterocycles. The van der Waals surface area contributed by atoms with Crippen molar-refractivity contribution in [1.82, 2.24) is 9.97 Å². The second-order valence-corrected chi connectivity index (χ2v) is 4.00. The fourth-order valence-corrected chi connectivity index (χ4v) is 1.91. The van der Waals surface area contributed by atoms with Crippen LogP contribution in [0.3, 0.4) is 0 Å². The smallest absolute Gasteiger partial charge is 0.125 e. The Morgan fingerprint density at radius 3 is 2.89 bits per heavy atom. The van der Waals surface area contributed by atoms with Gasteiger partial charge in [-0.3, -0.25) is 4.98 Å². The first-order valence-electron chi connectivity index (χ1n) is 5.64. The van der Waals surface area contributed by atoms with Gasteiger partial charge in [-0.1, -0.05) is 12.1 Å². The number of fused-ring (bicyclic) bond motifs is 1. The molecule has 0 unspecified atom stereocenters. The van der Waals surface area contributed by atoms with Crippen LogP contribution < -0.4 is 11.1 Å². The number of aromatic nitrogens is 2. The number of nitrogens with zero attached hydrogens (tertiary/aromatic N) is 2. The second-order valence-electron chi connectivity index (χ2n) is 4.00. The Morgan fingerprint density at radius 2 is 2.00 bits per heavy atom. The van der Waals surface area contributed by atoms with Gasteiger partial charge in [0.2, 0.25) is 0 Å². The van der Waals surface area contributed by atoms with E-state index in [9.17, 15) is 0 Å². The predicted octanol–water partition coefficient (Wildman–Crippen LogP) is 2.96. The number of benzene rings is 1. The molecular formula is C14H12N4. The van der Waals surface area contributed by atoms with Crippen LogP contribution in [0.1, 0.15) is 0 Å². The summed E-state index contributed by atoms with van der Waals surface area (Å²) in [4.78, 5) is 8.09. The zero-order valence-electron chi connectivity index (χ0n) is 9.67. The predicted molar refractivity (Wildman–Crippen MR) is 73.7 cm³/mol. The minimum Gasteiger partial charge on any atom is -0.384 e. The van der Waals surface area contributed by atoms with Crippen LogP contribution in [0.4, 0.5) is 17.2 Å². The molecular weight excluding hydrogens is 224 g/mol. The summed E-state index contributed by atoms with van der Waals surface area (Å²) < 4.78 is 0. The number of pyridine rings is 2. The quantitative estimate of drug-likeness (QED) is 0.718.